The zero-order valence-corrected chi connectivity index (χ0v) is 18.9. The molecule has 2 aliphatic heterocycles. The average molecular weight is 480 g/mol. The van der Waals surface area contributed by atoms with Gasteiger partial charge >= 0.3 is 0 Å². The maximum atomic E-state index is 13.6. The molecule has 2 saturated heterocycles. The molecule has 5 rings (SSSR count). The number of halogens is 3. The Morgan fingerprint density at radius 3 is 1.60 bits per heavy atom. The van der Waals surface area contributed by atoms with E-state index in [0.29, 0.717) is 31.9 Å². The van der Waals surface area contributed by atoms with Crippen molar-refractivity contribution in [2.75, 3.05) is 31.1 Å². The first-order valence-electron chi connectivity index (χ1n) is 11.5. The van der Waals surface area contributed by atoms with E-state index in [2.05, 4.69) is 4.90 Å². The third-order valence-corrected chi connectivity index (χ3v) is 6.73. The smallest absolute Gasteiger partial charge is 0.251 e. The molecule has 0 aromatic heterocycles. The van der Waals surface area contributed by atoms with Crippen LogP contribution in [0.25, 0.3) is 0 Å². The molecule has 0 unspecified atom stereocenters. The summed E-state index contributed by atoms with van der Waals surface area (Å²) in [5.74, 6) is -1.69. The SMILES string of the molecule is O=C1C[C@@H](N2CCN(C(c3ccc(F)cc3)c3ccc(F)cc3)CC2)C(=O)N1c1ccc(F)cc1. The van der Waals surface area contributed by atoms with E-state index in [-0.39, 0.29) is 35.9 Å². The second-order valence-corrected chi connectivity index (χ2v) is 8.84. The Kier molecular flexibility index (Phi) is 6.40. The van der Waals surface area contributed by atoms with Gasteiger partial charge in [0.25, 0.3) is 5.91 Å². The van der Waals surface area contributed by atoms with Crippen molar-refractivity contribution in [2.24, 2.45) is 0 Å². The van der Waals surface area contributed by atoms with E-state index < -0.39 is 11.9 Å². The summed E-state index contributed by atoms with van der Waals surface area (Å²) in [6, 6.07) is 17.1. The Labute approximate surface area is 201 Å². The Morgan fingerprint density at radius 1 is 0.657 bits per heavy atom. The number of hydrogen-bond donors (Lipinski definition) is 0. The molecule has 3 aromatic carbocycles. The highest BCUT2D eigenvalue weighted by Gasteiger charge is 2.43. The molecule has 0 aliphatic carbocycles. The van der Waals surface area contributed by atoms with Gasteiger partial charge in [0.1, 0.15) is 17.5 Å². The summed E-state index contributed by atoms with van der Waals surface area (Å²) in [5, 5.41) is 0. The number of hydrogen-bond acceptors (Lipinski definition) is 4. The quantitative estimate of drug-likeness (QED) is 0.516. The van der Waals surface area contributed by atoms with Gasteiger partial charge in [0, 0.05) is 26.2 Å². The zero-order chi connectivity index (χ0) is 24.5. The molecule has 2 heterocycles. The van der Waals surface area contributed by atoms with E-state index in [4.69, 9.17) is 0 Å². The van der Waals surface area contributed by atoms with E-state index in [0.717, 1.165) is 16.0 Å². The van der Waals surface area contributed by atoms with Gasteiger partial charge in [-0.1, -0.05) is 24.3 Å². The minimum atomic E-state index is -0.565. The second kappa shape index (κ2) is 9.64. The number of anilines is 1. The van der Waals surface area contributed by atoms with Gasteiger partial charge in [-0.15, -0.1) is 0 Å². The lowest BCUT2D eigenvalue weighted by Crippen LogP contribution is -2.53. The summed E-state index contributed by atoms with van der Waals surface area (Å²) in [6.45, 7) is 2.32. The lowest BCUT2D eigenvalue weighted by Gasteiger charge is -2.41. The molecule has 180 valence electrons. The topological polar surface area (TPSA) is 43.9 Å². The Hall–Kier alpha value is -3.49. The van der Waals surface area contributed by atoms with Crippen molar-refractivity contribution in [2.45, 2.75) is 18.5 Å². The van der Waals surface area contributed by atoms with Gasteiger partial charge in [-0.2, -0.15) is 0 Å². The third kappa shape index (κ3) is 4.72. The van der Waals surface area contributed by atoms with Crippen molar-refractivity contribution in [3.05, 3.63) is 101 Å². The number of carbonyl (C=O) groups is 2. The summed E-state index contributed by atoms with van der Waals surface area (Å²) in [7, 11) is 0. The fourth-order valence-electron chi connectivity index (χ4n) is 4.97. The van der Waals surface area contributed by atoms with Crippen molar-refractivity contribution in [3.8, 4) is 0 Å². The molecule has 0 radical (unpaired) electrons. The van der Waals surface area contributed by atoms with Gasteiger partial charge in [0.15, 0.2) is 0 Å². The summed E-state index contributed by atoms with van der Waals surface area (Å²) >= 11 is 0. The minimum Gasteiger partial charge on any atom is -0.290 e. The number of imide groups is 1. The van der Waals surface area contributed by atoms with Crippen LogP contribution in [0.2, 0.25) is 0 Å². The van der Waals surface area contributed by atoms with E-state index in [1.54, 1.807) is 24.3 Å². The minimum absolute atomic E-state index is 0.0789. The number of benzene rings is 3. The molecule has 35 heavy (non-hydrogen) atoms. The first kappa shape index (κ1) is 23.3. The predicted octanol–water partition coefficient (Wildman–Crippen LogP) is 4.14. The summed E-state index contributed by atoms with van der Waals surface area (Å²) < 4.78 is 40.4. The fraction of sp³-hybridized carbons (Fsp3) is 0.259. The molecule has 3 aromatic rings. The molecule has 2 aliphatic rings. The standard InChI is InChI=1S/C27H24F3N3O2/c28-20-5-1-18(2-6-20)26(19-3-7-21(29)8-4-19)32-15-13-31(14-16-32)24-17-25(34)33(27(24)35)23-11-9-22(30)10-12-23/h1-12,24,26H,13-17H2/t24-/m1/s1. The number of amides is 2. The van der Waals surface area contributed by atoms with Crippen LogP contribution in [0.3, 0.4) is 0 Å². The largest absolute Gasteiger partial charge is 0.290 e. The maximum Gasteiger partial charge on any atom is 0.251 e. The van der Waals surface area contributed by atoms with Crippen molar-refractivity contribution < 1.29 is 22.8 Å². The Balaban J connectivity index is 1.32. The normalized spacial score (nSPS) is 19.7. The fourth-order valence-corrected chi connectivity index (χ4v) is 4.97. The molecule has 2 amide bonds. The van der Waals surface area contributed by atoms with Crippen LogP contribution in [-0.4, -0.2) is 53.8 Å². The van der Waals surface area contributed by atoms with Gasteiger partial charge in [-0.25, -0.2) is 18.1 Å². The predicted molar refractivity (Wildman–Crippen MR) is 125 cm³/mol. The zero-order valence-electron chi connectivity index (χ0n) is 18.9. The van der Waals surface area contributed by atoms with Crippen molar-refractivity contribution in [1.29, 1.82) is 0 Å². The monoisotopic (exact) mass is 479 g/mol. The molecular weight excluding hydrogens is 455 g/mol. The van der Waals surface area contributed by atoms with Crippen molar-refractivity contribution in [1.82, 2.24) is 9.80 Å². The Bertz CT molecular complexity index is 1160. The highest BCUT2D eigenvalue weighted by atomic mass is 19.1. The van der Waals surface area contributed by atoms with Crippen molar-refractivity contribution in [3.63, 3.8) is 0 Å². The number of piperazine rings is 1. The summed E-state index contributed by atoms with van der Waals surface area (Å²) in [5.41, 5.74) is 2.15. The number of nitrogens with zero attached hydrogens (tertiary/aromatic N) is 3. The van der Waals surface area contributed by atoms with Crippen LogP contribution < -0.4 is 4.90 Å². The molecule has 1 atom stereocenters. The van der Waals surface area contributed by atoms with Crippen LogP contribution >= 0.6 is 0 Å². The van der Waals surface area contributed by atoms with Gasteiger partial charge in [0.05, 0.1) is 24.2 Å². The molecular formula is C27H24F3N3O2. The van der Waals surface area contributed by atoms with Gasteiger partial charge in [0.2, 0.25) is 5.91 Å². The average Bonchev–Trinajstić information content (AvgIpc) is 3.16. The number of carbonyl (C=O) groups excluding carboxylic acids is 2. The van der Waals surface area contributed by atoms with E-state index in [1.807, 2.05) is 4.90 Å². The van der Waals surface area contributed by atoms with Crippen LogP contribution in [0.4, 0.5) is 18.9 Å². The lowest BCUT2D eigenvalue weighted by molar-refractivity contribution is -0.123. The molecule has 0 saturated carbocycles. The first-order valence-corrected chi connectivity index (χ1v) is 11.5. The van der Waals surface area contributed by atoms with E-state index in [1.165, 1.54) is 48.5 Å². The molecule has 5 nitrogen and oxygen atoms in total. The summed E-state index contributed by atoms with van der Waals surface area (Å²) in [4.78, 5) is 31.1. The highest BCUT2D eigenvalue weighted by molar-refractivity contribution is 6.22. The first-order chi connectivity index (χ1) is 16.9. The Morgan fingerprint density at radius 2 is 1.11 bits per heavy atom. The van der Waals surface area contributed by atoms with Gasteiger partial charge in [-0.05, 0) is 59.7 Å². The van der Waals surface area contributed by atoms with E-state index in [9.17, 15) is 22.8 Å². The van der Waals surface area contributed by atoms with Crippen LogP contribution in [0.5, 0.6) is 0 Å². The van der Waals surface area contributed by atoms with Crippen LogP contribution in [0.1, 0.15) is 23.6 Å². The highest BCUT2D eigenvalue weighted by Crippen LogP contribution is 2.32. The maximum absolute atomic E-state index is 13.6. The number of rotatable bonds is 5. The molecule has 8 heteroatoms. The lowest BCUT2D eigenvalue weighted by atomic mass is 9.96. The van der Waals surface area contributed by atoms with Crippen molar-refractivity contribution >= 4 is 17.5 Å². The van der Waals surface area contributed by atoms with Crippen LogP contribution in [0, 0.1) is 17.5 Å². The van der Waals surface area contributed by atoms with Gasteiger partial charge in [-0.3, -0.25) is 19.4 Å². The van der Waals surface area contributed by atoms with Crippen LogP contribution in [0.15, 0.2) is 72.8 Å². The van der Waals surface area contributed by atoms with Gasteiger partial charge < -0.3 is 0 Å². The molecule has 0 N–H and O–H groups in total. The molecule has 2 fully saturated rings. The third-order valence-electron chi connectivity index (χ3n) is 6.73. The van der Waals surface area contributed by atoms with Crippen LogP contribution in [-0.2, 0) is 9.59 Å². The second-order valence-electron chi connectivity index (χ2n) is 8.84. The van der Waals surface area contributed by atoms with E-state index >= 15 is 0 Å². The molecule has 0 bridgehead atoms. The summed E-state index contributed by atoms with van der Waals surface area (Å²) in [6.07, 6.45) is 0.0789. The molecule has 0 spiro atoms.